The maximum Gasteiger partial charge on any atom is 0.136 e. The quantitative estimate of drug-likeness (QED) is 0.732. The van der Waals surface area contributed by atoms with Crippen molar-refractivity contribution in [2.75, 3.05) is 0 Å². The largest absolute Gasteiger partial charge is 0.232 e. The lowest BCUT2D eigenvalue weighted by Gasteiger charge is -2.12. The average Bonchev–Trinajstić information content (AvgIpc) is 2.35. The Morgan fingerprint density at radius 1 is 1.00 bits per heavy atom. The van der Waals surface area contributed by atoms with Crippen molar-refractivity contribution in [2.24, 2.45) is 0 Å². The van der Waals surface area contributed by atoms with Gasteiger partial charge >= 0.3 is 0 Å². The summed E-state index contributed by atoms with van der Waals surface area (Å²) in [5.74, 6) is 1.06. The van der Waals surface area contributed by atoms with Crippen LogP contribution in [-0.4, -0.2) is 9.97 Å². The fourth-order valence-electron chi connectivity index (χ4n) is 1.93. The highest BCUT2D eigenvalue weighted by Gasteiger charge is 2.13. The van der Waals surface area contributed by atoms with Crippen molar-refractivity contribution in [3.8, 4) is 11.3 Å². The molecule has 0 unspecified atom stereocenters. The van der Waals surface area contributed by atoms with Crippen molar-refractivity contribution >= 4 is 11.6 Å². The molecule has 0 fully saturated rings. The minimum Gasteiger partial charge on any atom is -0.232 e. The molecule has 19 heavy (non-hydrogen) atoms. The standard InChI is InChI=1S/C16H19ClN2/c1-9(2)16-18-14(12(5)15(17)19-16)13-7-6-10(3)11(4)8-13/h6-9H,1-5H3. The predicted molar refractivity (Wildman–Crippen MR) is 80.8 cm³/mol. The first kappa shape index (κ1) is 14.0. The van der Waals surface area contributed by atoms with E-state index >= 15 is 0 Å². The van der Waals surface area contributed by atoms with E-state index in [0.29, 0.717) is 5.15 Å². The third kappa shape index (κ3) is 2.79. The van der Waals surface area contributed by atoms with Gasteiger partial charge in [0.25, 0.3) is 0 Å². The fourth-order valence-corrected chi connectivity index (χ4v) is 2.11. The van der Waals surface area contributed by atoms with E-state index in [1.54, 1.807) is 0 Å². The molecule has 0 bridgehead atoms. The van der Waals surface area contributed by atoms with Gasteiger partial charge in [-0.1, -0.05) is 37.6 Å². The van der Waals surface area contributed by atoms with E-state index in [4.69, 9.17) is 11.6 Å². The van der Waals surface area contributed by atoms with Crippen LogP contribution in [0.1, 0.15) is 42.3 Å². The monoisotopic (exact) mass is 274 g/mol. The number of halogens is 1. The number of aromatic nitrogens is 2. The molecular formula is C16H19ClN2. The van der Waals surface area contributed by atoms with Gasteiger partial charge in [0.2, 0.25) is 0 Å². The molecule has 1 aromatic heterocycles. The number of benzene rings is 1. The van der Waals surface area contributed by atoms with Crippen molar-refractivity contribution in [1.82, 2.24) is 9.97 Å². The molecule has 0 amide bonds. The third-order valence-corrected chi connectivity index (χ3v) is 3.77. The van der Waals surface area contributed by atoms with Crippen LogP contribution in [0.2, 0.25) is 5.15 Å². The maximum absolute atomic E-state index is 6.23. The molecule has 3 heteroatoms. The summed E-state index contributed by atoms with van der Waals surface area (Å²) in [6.45, 7) is 10.3. The lowest BCUT2D eigenvalue weighted by atomic mass is 10.0. The molecule has 0 spiro atoms. The zero-order chi connectivity index (χ0) is 14.2. The molecule has 0 aliphatic carbocycles. The molecule has 2 nitrogen and oxygen atoms in total. The number of nitrogens with zero attached hydrogens (tertiary/aromatic N) is 2. The van der Waals surface area contributed by atoms with Crippen LogP contribution in [0.15, 0.2) is 18.2 Å². The Morgan fingerprint density at radius 3 is 2.26 bits per heavy atom. The fraction of sp³-hybridized carbons (Fsp3) is 0.375. The van der Waals surface area contributed by atoms with Gasteiger partial charge in [-0.3, -0.25) is 0 Å². The molecule has 0 radical (unpaired) electrons. The normalized spacial score (nSPS) is 11.1. The van der Waals surface area contributed by atoms with E-state index in [1.807, 2.05) is 6.92 Å². The van der Waals surface area contributed by atoms with Crippen LogP contribution in [0.5, 0.6) is 0 Å². The highest BCUT2D eigenvalue weighted by atomic mass is 35.5. The summed E-state index contributed by atoms with van der Waals surface area (Å²) in [4.78, 5) is 9.03. The van der Waals surface area contributed by atoms with Gasteiger partial charge in [-0.15, -0.1) is 0 Å². The molecule has 0 saturated heterocycles. The summed E-state index contributed by atoms with van der Waals surface area (Å²) in [5.41, 5.74) is 5.52. The summed E-state index contributed by atoms with van der Waals surface area (Å²) in [5, 5.41) is 0.548. The van der Waals surface area contributed by atoms with Gasteiger partial charge in [-0.25, -0.2) is 9.97 Å². The van der Waals surface area contributed by atoms with E-state index in [1.165, 1.54) is 11.1 Å². The highest BCUT2D eigenvalue weighted by Crippen LogP contribution is 2.28. The minimum absolute atomic E-state index is 0.267. The van der Waals surface area contributed by atoms with Crippen molar-refractivity contribution in [3.63, 3.8) is 0 Å². The average molecular weight is 275 g/mol. The smallest absolute Gasteiger partial charge is 0.136 e. The molecule has 0 aliphatic heterocycles. The number of hydrogen-bond acceptors (Lipinski definition) is 2. The molecule has 1 heterocycles. The van der Waals surface area contributed by atoms with Crippen LogP contribution >= 0.6 is 11.6 Å². The highest BCUT2D eigenvalue weighted by molar-refractivity contribution is 6.30. The Balaban J connectivity index is 2.63. The van der Waals surface area contributed by atoms with Gasteiger partial charge in [0.05, 0.1) is 5.69 Å². The first-order valence-corrected chi connectivity index (χ1v) is 6.89. The van der Waals surface area contributed by atoms with Crippen LogP contribution in [0.25, 0.3) is 11.3 Å². The lowest BCUT2D eigenvalue weighted by Crippen LogP contribution is -2.02. The van der Waals surface area contributed by atoms with Crippen molar-refractivity contribution in [1.29, 1.82) is 0 Å². The molecule has 100 valence electrons. The van der Waals surface area contributed by atoms with Gasteiger partial charge in [-0.05, 0) is 38.0 Å². The Bertz CT molecular complexity index is 618. The van der Waals surface area contributed by atoms with Crippen LogP contribution in [0.4, 0.5) is 0 Å². The van der Waals surface area contributed by atoms with Crippen LogP contribution < -0.4 is 0 Å². The van der Waals surface area contributed by atoms with E-state index in [0.717, 1.165) is 22.6 Å². The number of hydrogen-bond donors (Lipinski definition) is 0. The molecule has 0 N–H and O–H groups in total. The summed E-state index contributed by atoms with van der Waals surface area (Å²) in [7, 11) is 0. The maximum atomic E-state index is 6.23. The first-order chi connectivity index (χ1) is 8.90. The summed E-state index contributed by atoms with van der Waals surface area (Å²) >= 11 is 6.23. The van der Waals surface area contributed by atoms with Gasteiger partial charge in [0, 0.05) is 17.0 Å². The lowest BCUT2D eigenvalue weighted by molar-refractivity contribution is 0.773. The Labute approximate surface area is 119 Å². The third-order valence-electron chi connectivity index (χ3n) is 3.40. The van der Waals surface area contributed by atoms with Crippen LogP contribution in [0, 0.1) is 20.8 Å². The molecule has 2 aromatic rings. The Morgan fingerprint density at radius 2 is 1.68 bits per heavy atom. The number of aryl methyl sites for hydroxylation is 2. The first-order valence-electron chi connectivity index (χ1n) is 6.51. The van der Waals surface area contributed by atoms with Crippen molar-refractivity contribution in [3.05, 3.63) is 45.9 Å². The summed E-state index contributed by atoms with van der Waals surface area (Å²) in [6.07, 6.45) is 0. The van der Waals surface area contributed by atoms with E-state index < -0.39 is 0 Å². The molecular weight excluding hydrogens is 256 g/mol. The molecule has 0 atom stereocenters. The topological polar surface area (TPSA) is 25.8 Å². The Hall–Kier alpha value is -1.41. The molecule has 0 saturated carbocycles. The molecule has 0 aliphatic rings. The second kappa shape index (κ2) is 5.30. The second-order valence-corrected chi connectivity index (χ2v) is 5.66. The summed E-state index contributed by atoms with van der Waals surface area (Å²) < 4.78 is 0. The Kier molecular flexibility index (Phi) is 3.91. The van der Waals surface area contributed by atoms with Gasteiger partial charge < -0.3 is 0 Å². The van der Waals surface area contributed by atoms with Gasteiger partial charge in [0.1, 0.15) is 11.0 Å². The zero-order valence-electron chi connectivity index (χ0n) is 12.1. The van der Waals surface area contributed by atoms with E-state index in [-0.39, 0.29) is 5.92 Å². The SMILES string of the molecule is Cc1ccc(-c2nc(C(C)C)nc(Cl)c2C)cc1C. The van der Waals surface area contributed by atoms with Gasteiger partial charge in [-0.2, -0.15) is 0 Å². The molecule has 2 rings (SSSR count). The van der Waals surface area contributed by atoms with Gasteiger partial charge in [0.15, 0.2) is 0 Å². The minimum atomic E-state index is 0.267. The van der Waals surface area contributed by atoms with E-state index in [9.17, 15) is 0 Å². The van der Waals surface area contributed by atoms with Crippen LogP contribution in [0.3, 0.4) is 0 Å². The summed E-state index contributed by atoms with van der Waals surface area (Å²) in [6, 6.07) is 6.37. The predicted octanol–water partition coefficient (Wildman–Crippen LogP) is 4.85. The second-order valence-electron chi connectivity index (χ2n) is 5.30. The van der Waals surface area contributed by atoms with Crippen LogP contribution in [-0.2, 0) is 0 Å². The van der Waals surface area contributed by atoms with Crippen molar-refractivity contribution < 1.29 is 0 Å². The van der Waals surface area contributed by atoms with E-state index in [2.05, 4.69) is 55.9 Å². The number of rotatable bonds is 2. The zero-order valence-corrected chi connectivity index (χ0v) is 12.8. The van der Waals surface area contributed by atoms with Crippen molar-refractivity contribution in [2.45, 2.75) is 40.5 Å². The molecule has 1 aromatic carbocycles.